The maximum Gasteiger partial charge on any atom is 0.417 e. The van der Waals surface area contributed by atoms with Crippen LogP contribution < -0.4 is 9.47 Å². The lowest BCUT2D eigenvalue weighted by molar-refractivity contribution is -0.137. The van der Waals surface area contributed by atoms with Crippen LogP contribution in [0.3, 0.4) is 0 Å². The van der Waals surface area contributed by atoms with E-state index in [2.05, 4.69) is 11.1 Å². The Hall–Kier alpha value is -2.03. The number of alkyl halides is 3. The lowest BCUT2D eigenvalue weighted by Gasteiger charge is -2.12. The summed E-state index contributed by atoms with van der Waals surface area (Å²) in [4.78, 5) is 3.62. The molecule has 0 atom stereocenters. The smallest absolute Gasteiger partial charge is 0.417 e. The first-order chi connectivity index (χ1) is 12.4. The van der Waals surface area contributed by atoms with E-state index in [1.54, 1.807) is 18.2 Å². The van der Waals surface area contributed by atoms with E-state index in [9.17, 15) is 13.2 Å². The molecule has 2 aromatic rings. The average Bonchev–Trinajstić information content (AvgIpc) is 3.10. The predicted molar refractivity (Wildman–Crippen MR) is 85.4 cm³/mol. The highest BCUT2D eigenvalue weighted by Crippen LogP contribution is 2.35. The Labute approximate surface area is 152 Å². The zero-order chi connectivity index (χ0) is 18.6. The summed E-state index contributed by atoms with van der Waals surface area (Å²) in [7, 11) is 0. The quantitative estimate of drug-likeness (QED) is 0.730. The minimum atomic E-state index is -4.53. The highest BCUT2D eigenvalue weighted by atomic mass is 35.5. The van der Waals surface area contributed by atoms with Crippen molar-refractivity contribution >= 4 is 11.6 Å². The number of nitrogens with zero attached hydrogens (tertiary/aromatic N) is 1. The van der Waals surface area contributed by atoms with E-state index in [0.29, 0.717) is 38.2 Å². The van der Waals surface area contributed by atoms with Crippen molar-refractivity contribution in [2.45, 2.75) is 18.9 Å². The molecule has 5 nitrogen and oxygen atoms in total. The van der Waals surface area contributed by atoms with E-state index in [-0.39, 0.29) is 22.9 Å². The molecule has 139 valence electrons. The molecule has 9 heteroatoms. The average molecular weight is 389 g/mol. The van der Waals surface area contributed by atoms with Crippen molar-refractivity contribution in [3.05, 3.63) is 47.1 Å². The van der Waals surface area contributed by atoms with Crippen molar-refractivity contribution in [1.29, 1.82) is 0 Å². The van der Waals surface area contributed by atoms with Gasteiger partial charge in [-0.05, 0) is 18.2 Å². The Bertz CT molecular complexity index is 751. The SMILES string of the molecule is FC(F)(F)c1cnc(Oc2[c]c(OCCC3OCCO3)ccc2)c(Cl)c1. The molecule has 0 saturated carbocycles. The fourth-order valence-electron chi connectivity index (χ4n) is 2.17. The van der Waals surface area contributed by atoms with E-state index < -0.39 is 11.7 Å². The highest BCUT2D eigenvalue weighted by molar-refractivity contribution is 6.31. The molecule has 1 aliphatic heterocycles. The summed E-state index contributed by atoms with van der Waals surface area (Å²) in [6, 6.07) is 8.49. The predicted octanol–water partition coefficient (Wildman–Crippen LogP) is 4.49. The topological polar surface area (TPSA) is 49.8 Å². The monoisotopic (exact) mass is 388 g/mol. The van der Waals surface area contributed by atoms with Gasteiger partial charge in [0.25, 0.3) is 0 Å². The standard InChI is InChI=1S/C17H14ClF3NO4/c18-14-8-11(17(19,20)21)10-22-16(14)26-13-3-1-2-12(9-13)23-5-4-15-24-6-7-25-15/h1-3,8,10,15H,4-7H2. The van der Waals surface area contributed by atoms with Crippen LogP contribution in [0.1, 0.15) is 12.0 Å². The highest BCUT2D eigenvalue weighted by Gasteiger charge is 2.31. The van der Waals surface area contributed by atoms with Crippen molar-refractivity contribution in [3.63, 3.8) is 0 Å². The van der Waals surface area contributed by atoms with E-state index in [0.717, 1.165) is 6.07 Å². The Morgan fingerprint density at radius 1 is 1.23 bits per heavy atom. The fraction of sp³-hybridized carbons (Fsp3) is 0.353. The molecule has 1 radical (unpaired) electrons. The molecule has 26 heavy (non-hydrogen) atoms. The Balaban J connectivity index is 1.61. The van der Waals surface area contributed by atoms with Gasteiger partial charge in [-0.2, -0.15) is 13.2 Å². The van der Waals surface area contributed by atoms with Crippen molar-refractivity contribution < 1.29 is 32.1 Å². The van der Waals surface area contributed by atoms with E-state index in [1.807, 2.05) is 0 Å². The van der Waals surface area contributed by atoms with Crippen LogP contribution in [0.25, 0.3) is 0 Å². The molecule has 0 aliphatic carbocycles. The van der Waals surface area contributed by atoms with Crippen LogP contribution in [-0.2, 0) is 15.7 Å². The molecule has 1 aromatic heterocycles. The van der Waals surface area contributed by atoms with Gasteiger partial charge in [-0.3, -0.25) is 0 Å². The summed E-state index contributed by atoms with van der Waals surface area (Å²) in [6.07, 6.45) is -3.58. The van der Waals surface area contributed by atoms with Crippen LogP contribution in [0.15, 0.2) is 30.5 Å². The lowest BCUT2D eigenvalue weighted by Crippen LogP contribution is -2.12. The number of benzene rings is 1. The van der Waals surface area contributed by atoms with Gasteiger partial charge in [0.1, 0.15) is 16.5 Å². The van der Waals surface area contributed by atoms with E-state index >= 15 is 0 Å². The zero-order valence-corrected chi connectivity index (χ0v) is 14.1. The summed E-state index contributed by atoms with van der Waals surface area (Å²) in [5.74, 6) is 0.467. The molecule has 0 bridgehead atoms. The molecule has 0 unspecified atom stereocenters. The summed E-state index contributed by atoms with van der Waals surface area (Å²) in [5.41, 5.74) is -0.952. The Kier molecular flexibility index (Phi) is 5.85. The third-order valence-corrected chi connectivity index (χ3v) is 3.66. The van der Waals surface area contributed by atoms with Crippen LogP contribution >= 0.6 is 11.6 Å². The van der Waals surface area contributed by atoms with E-state index in [4.69, 9.17) is 30.5 Å². The molecule has 0 spiro atoms. The molecule has 1 aromatic carbocycles. The van der Waals surface area contributed by atoms with Gasteiger partial charge in [0.15, 0.2) is 6.29 Å². The largest absolute Gasteiger partial charge is 0.493 e. The number of aromatic nitrogens is 1. The first-order valence-electron chi connectivity index (χ1n) is 7.71. The summed E-state index contributed by atoms with van der Waals surface area (Å²) < 4.78 is 59.4. The second kappa shape index (κ2) is 8.11. The Morgan fingerprint density at radius 3 is 2.65 bits per heavy atom. The van der Waals surface area contributed by atoms with Crippen molar-refractivity contribution in [2.24, 2.45) is 0 Å². The molecule has 1 aliphatic rings. The van der Waals surface area contributed by atoms with E-state index in [1.165, 1.54) is 0 Å². The number of rotatable bonds is 6. The van der Waals surface area contributed by atoms with Crippen molar-refractivity contribution in [1.82, 2.24) is 4.98 Å². The fourth-order valence-corrected chi connectivity index (χ4v) is 2.37. The summed E-state index contributed by atoms with van der Waals surface area (Å²) in [5, 5.41) is -0.255. The first-order valence-corrected chi connectivity index (χ1v) is 8.08. The van der Waals surface area contributed by atoms with Crippen LogP contribution in [0.5, 0.6) is 17.4 Å². The first kappa shape index (κ1) is 18.8. The molecule has 1 saturated heterocycles. The Morgan fingerprint density at radius 2 is 1.96 bits per heavy atom. The van der Waals surface area contributed by atoms with Gasteiger partial charge in [0.05, 0.1) is 31.5 Å². The molecule has 0 amide bonds. The molecule has 2 heterocycles. The molecular formula is C17H14ClF3NO4. The van der Waals surface area contributed by atoms with Crippen LogP contribution in [0.2, 0.25) is 5.02 Å². The molecular weight excluding hydrogens is 375 g/mol. The van der Waals surface area contributed by atoms with Crippen molar-refractivity contribution in [3.8, 4) is 17.4 Å². The second-order valence-corrected chi connectivity index (χ2v) is 5.71. The van der Waals surface area contributed by atoms with Gasteiger partial charge >= 0.3 is 6.18 Å². The maximum atomic E-state index is 12.6. The third-order valence-electron chi connectivity index (χ3n) is 3.38. The third kappa shape index (κ3) is 5.00. The van der Waals surface area contributed by atoms with Crippen molar-refractivity contribution in [2.75, 3.05) is 19.8 Å². The molecule has 1 fully saturated rings. The number of ether oxygens (including phenoxy) is 4. The number of halogens is 4. The van der Waals surface area contributed by atoms with Gasteiger partial charge in [-0.1, -0.05) is 17.7 Å². The van der Waals surface area contributed by atoms with Gasteiger partial charge in [0, 0.05) is 12.6 Å². The number of hydrogen-bond acceptors (Lipinski definition) is 5. The van der Waals surface area contributed by atoms with Crippen LogP contribution in [0, 0.1) is 6.07 Å². The normalized spacial score (nSPS) is 15.2. The van der Waals surface area contributed by atoms with Gasteiger partial charge < -0.3 is 18.9 Å². The van der Waals surface area contributed by atoms with Gasteiger partial charge in [-0.25, -0.2) is 4.98 Å². The number of hydrogen-bond donors (Lipinski definition) is 0. The minimum Gasteiger partial charge on any atom is -0.493 e. The summed E-state index contributed by atoms with van der Waals surface area (Å²) in [6.45, 7) is 1.49. The van der Waals surface area contributed by atoms with Gasteiger partial charge in [0.2, 0.25) is 5.88 Å². The summed E-state index contributed by atoms with van der Waals surface area (Å²) >= 11 is 5.82. The lowest BCUT2D eigenvalue weighted by atomic mass is 10.3. The van der Waals surface area contributed by atoms with Crippen LogP contribution in [-0.4, -0.2) is 31.1 Å². The number of pyridine rings is 1. The van der Waals surface area contributed by atoms with Crippen LogP contribution in [0.4, 0.5) is 13.2 Å². The van der Waals surface area contributed by atoms with Gasteiger partial charge in [-0.15, -0.1) is 0 Å². The minimum absolute atomic E-state index is 0.152. The molecule has 0 N–H and O–H groups in total. The maximum absolute atomic E-state index is 12.6. The molecule has 3 rings (SSSR count). The zero-order valence-electron chi connectivity index (χ0n) is 13.4. The second-order valence-electron chi connectivity index (χ2n) is 5.30.